The van der Waals surface area contributed by atoms with Gasteiger partial charge in [0.15, 0.2) is 0 Å². The Morgan fingerprint density at radius 1 is 1.43 bits per heavy atom. The first kappa shape index (κ1) is 9.71. The van der Waals surface area contributed by atoms with Gasteiger partial charge in [-0.25, -0.2) is 0 Å². The Morgan fingerprint density at radius 3 is 2.71 bits per heavy atom. The second kappa shape index (κ2) is 3.73. The lowest BCUT2D eigenvalue weighted by Gasteiger charge is -2.24. The van der Waals surface area contributed by atoms with Crippen LogP contribution in [0.25, 0.3) is 0 Å². The molecule has 0 aromatic rings. The monoisotopic (exact) mass is 196 g/mol. The van der Waals surface area contributed by atoms with Crippen LogP contribution in [-0.4, -0.2) is 23.3 Å². The quantitative estimate of drug-likeness (QED) is 0.546. The predicted molar refractivity (Wildman–Crippen MR) is 51.5 cm³/mol. The number of carbonyl (C=O) groups is 1. The van der Waals surface area contributed by atoms with Gasteiger partial charge in [0.05, 0.1) is 12.5 Å². The average molecular weight is 196 g/mol. The molecule has 0 saturated heterocycles. The molecule has 0 heterocycles. The van der Waals surface area contributed by atoms with Crippen LogP contribution in [0.4, 0.5) is 0 Å². The number of carbonyl (C=O) groups excluding carboxylic acids is 1. The largest absolute Gasteiger partial charge is 0.462 e. The molecule has 2 fully saturated rings. The van der Waals surface area contributed by atoms with Gasteiger partial charge in [0.25, 0.3) is 0 Å². The van der Waals surface area contributed by atoms with Crippen molar-refractivity contribution in [1.82, 2.24) is 0 Å². The molecule has 1 N–H and O–H groups in total. The zero-order valence-corrected chi connectivity index (χ0v) is 8.19. The van der Waals surface area contributed by atoms with Gasteiger partial charge < -0.3 is 9.84 Å². The summed E-state index contributed by atoms with van der Waals surface area (Å²) in [5.74, 6) is 0.567. The number of hydrogen-bond donors (Lipinski definition) is 1. The van der Waals surface area contributed by atoms with E-state index < -0.39 is 0 Å². The molecule has 2 rings (SSSR count). The van der Waals surface area contributed by atoms with E-state index in [0.717, 1.165) is 19.3 Å². The number of rotatable bonds is 3. The fourth-order valence-corrected chi connectivity index (χ4v) is 2.67. The Morgan fingerprint density at radius 2 is 2.21 bits per heavy atom. The summed E-state index contributed by atoms with van der Waals surface area (Å²) >= 11 is 0. The van der Waals surface area contributed by atoms with E-state index in [1.54, 1.807) is 6.08 Å². The molecular formula is C11H16O3. The van der Waals surface area contributed by atoms with Gasteiger partial charge in [0.2, 0.25) is 0 Å². The number of aliphatic hydroxyl groups is 1. The molecule has 2 saturated carbocycles. The third kappa shape index (κ3) is 1.69. The maximum atomic E-state index is 11.2. The SMILES string of the molecule is C=CCC(=O)OC1CC2CC1CC2O. The molecule has 0 amide bonds. The maximum absolute atomic E-state index is 11.2. The van der Waals surface area contributed by atoms with Crippen LogP contribution >= 0.6 is 0 Å². The van der Waals surface area contributed by atoms with Crippen molar-refractivity contribution in [1.29, 1.82) is 0 Å². The second-order valence-electron chi connectivity index (χ2n) is 4.32. The summed E-state index contributed by atoms with van der Waals surface area (Å²) in [6.45, 7) is 3.49. The molecular weight excluding hydrogens is 180 g/mol. The Kier molecular flexibility index (Phi) is 2.59. The molecule has 0 aliphatic heterocycles. The summed E-state index contributed by atoms with van der Waals surface area (Å²) in [5.41, 5.74) is 0. The molecule has 2 aliphatic carbocycles. The molecule has 0 aromatic carbocycles. The van der Waals surface area contributed by atoms with Gasteiger partial charge in [-0.1, -0.05) is 6.08 Å². The molecule has 3 nitrogen and oxygen atoms in total. The number of fused-ring (bicyclic) bond motifs is 2. The van der Waals surface area contributed by atoms with Crippen LogP contribution in [0.5, 0.6) is 0 Å². The highest BCUT2D eigenvalue weighted by Gasteiger charge is 2.46. The minimum absolute atomic E-state index is 0.0517. The summed E-state index contributed by atoms with van der Waals surface area (Å²) in [6, 6.07) is 0. The number of hydrogen-bond acceptors (Lipinski definition) is 3. The summed E-state index contributed by atoms with van der Waals surface area (Å²) in [5, 5.41) is 9.52. The van der Waals surface area contributed by atoms with Gasteiger partial charge >= 0.3 is 5.97 Å². The lowest BCUT2D eigenvalue weighted by atomic mass is 9.95. The Labute approximate surface area is 83.8 Å². The van der Waals surface area contributed by atoms with Crippen molar-refractivity contribution in [2.45, 2.75) is 37.9 Å². The molecule has 78 valence electrons. The minimum atomic E-state index is -0.188. The molecule has 4 unspecified atom stereocenters. The van der Waals surface area contributed by atoms with E-state index in [4.69, 9.17) is 4.74 Å². The van der Waals surface area contributed by atoms with Crippen molar-refractivity contribution in [3.8, 4) is 0 Å². The van der Waals surface area contributed by atoms with Crippen molar-refractivity contribution in [3.63, 3.8) is 0 Å². The molecule has 2 aliphatic rings. The minimum Gasteiger partial charge on any atom is -0.462 e. The van der Waals surface area contributed by atoms with E-state index in [1.165, 1.54) is 0 Å². The molecule has 2 bridgehead atoms. The van der Waals surface area contributed by atoms with Crippen LogP contribution in [0.3, 0.4) is 0 Å². The van der Waals surface area contributed by atoms with Gasteiger partial charge in [0.1, 0.15) is 6.10 Å². The summed E-state index contributed by atoms with van der Waals surface area (Å²) in [6.07, 6.45) is 4.41. The molecule has 0 aromatic heterocycles. The van der Waals surface area contributed by atoms with Gasteiger partial charge in [-0.15, -0.1) is 6.58 Å². The maximum Gasteiger partial charge on any atom is 0.309 e. The highest BCUT2D eigenvalue weighted by Crippen LogP contribution is 2.46. The summed E-state index contributed by atoms with van der Waals surface area (Å²) < 4.78 is 5.31. The first-order chi connectivity index (χ1) is 6.70. The van der Waals surface area contributed by atoms with Gasteiger partial charge in [-0.3, -0.25) is 4.79 Å². The third-order valence-corrected chi connectivity index (χ3v) is 3.35. The highest BCUT2D eigenvalue weighted by molar-refractivity contribution is 5.71. The van der Waals surface area contributed by atoms with Gasteiger partial charge in [0, 0.05) is 0 Å². The van der Waals surface area contributed by atoms with Gasteiger partial charge in [-0.05, 0) is 31.1 Å². The number of aliphatic hydroxyl groups excluding tert-OH is 1. The molecule has 0 spiro atoms. The fourth-order valence-electron chi connectivity index (χ4n) is 2.67. The van der Waals surface area contributed by atoms with E-state index in [0.29, 0.717) is 11.8 Å². The fraction of sp³-hybridized carbons (Fsp3) is 0.727. The van der Waals surface area contributed by atoms with Gasteiger partial charge in [-0.2, -0.15) is 0 Å². The molecule has 0 radical (unpaired) electrons. The Hall–Kier alpha value is -0.830. The molecule has 4 atom stereocenters. The van der Waals surface area contributed by atoms with Crippen LogP contribution in [-0.2, 0) is 9.53 Å². The van der Waals surface area contributed by atoms with Crippen LogP contribution in [0.1, 0.15) is 25.7 Å². The van der Waals surface area contributed by atoms with Crippen LogP contribution in [0, 0.1) is 11.8 Å². The highest BCUT2D eigenvalue weighted by atomic mass is 16.5. The van der Waals surface area contributed by atoms with E-state index in [1.807, 2.05) is 0 Å². The zero-order chi connectivity index (χ0) is 10.1. The zero-order valence-electron chi connectivity index (χ0n) is 8.19. The van der Waals surface area contributed by atoms with Crippen molar-refractivity contribution < 1.29 is 14.6 Å². The Bertz CT molecular complexity index is 247. The molecule has 14 heavy (non-hydrogen) atoms. The first-order valence-corrected chi connectivity index (χ1v) is 5.19. The predicted octanol–water partition coefficient (Wildman–Crippen LogP) is 1.27. The Balaban J connectivity index is 1.85. The normalized spacial score (nSPS) is 39.8. The lowest BCUT2D eigenvalue weighted by Crippen LogP contribution is -2.29. The van der Waals surface area contributed by atoms with E-state index in [-0.39, 0.29) is 24.6 Å². The van der Waals surface area contributed by atoms with Crippen molar-refractivity contribution in [2.24, 2.45) is 11.8 Å². The topological polar surface area (TPSA) is 46.5 Å². The summed E-state index contributed by atoms with van der Waals surface area (Å²) in [4.78, 5) is 11.2. The number of esters is 1. The van der Waals surface area contributed by atoms with Crippen molar-refractivity contribution >= 4 is 5.97 Å². The van der Waals surface area contributed by atoms with Crippen molar-refractivity contribution in [2.75, 3.05) is 0 Å². The number of ether oxygens (including phenoxy) is 1. The molecule has 3 heteroatoms. The second-order valence-corrected chi connectivity index (χ2v) is 4.32. The smallest absolute Gasteiger partial charge is 0.309 e. The lowest BCUT2D eigenvalue weighted by molar-refractivity contribution is -0.151. The van der Waals surface area contributed by atoms with E-state index in [9.17, 15) is 9.90 Å². The summed E-state index contributed by atoms with van der Waals surface area (Å²) in [7, 11) is 0. The van der Waals surface area contributed by atoms with E-state index in [2.05, 4.69) is 6.58 Å². The van der Waals surface area contributed by atoms with Crippen LogP contribution < -0.4 is 0 Å². The van der Waals surface area contributed by atoms with E-state index >= 15 is 0 Å². The van der Waals surface area contributed by atoms with Crippen molar-refractivity contribution in [3.05, 3.63) is 12.7 Å². The average Bonchev–Trinajstić information content (AvgIpc) is 2.63. The van der Waals surface area contributed by atoms with Crippen LogP contribution in [0.2, 0.25) is 0 Å². The third-order valence-electron chi connectivity index (χ3n) is 3.35. The standard InChI is InChI=1S/C11H16O3/c1-2-3-11(13)14-10-6-7-4-8(10)5-9(7)12/h2,7-10,12H,1,3-6H2. The van der Waals surface area contributed by atoms with Crippen LogP contribution in [0.15, 0.2) is 12.7 Å². The first-order valence-electron chi connectivity index (χ1n) is 5.19.